The molecule has 142 valence electrons. The lowest BCUT2D eigenvalue weighted by molar-refractivity contribution is -0.136. The molecule has 1 aromatic carbocycles. The van der Waals surface area contributed by atoms with Crippen molar-refractivity contribution >= 4 is 5.91 Å². The lowest BCUT2D eigenvalue weighted by Gasteiger charge is -2.27. The number of rotatable bonds is 4. The Morgan fingerprint density at radius 1 is 1.04 bits per heavy atom. The third-order valence-corrected chi connectivity index (χ3v) is 6.11. The summed E-state index contributed by atoms with van der Waals surface area (Å²) in [7, 11) is 0. The normalized spacial score (nSPS) is 20.4. The summed E-state index contributed by atoms with van der Waals surface area (Å²) in [4.78, 5) is 20.0. The third-order valence-electron chi connectivity index (χ3n) is 6.11. The zero-order valence-corrected chi connectivity index (χ0v) is 16.6. The zero-order chi connectivity index (χ0) is 18.8. The fourth-order valence-corrected chi connectivity index (χ4v) is 4.84. The average molecular weight is 363 g/mol. The minimum Gasteiger partial charge on any atom is -0.334 e. The van der Waals surface area contributed by atoms with E-state index in [0.29, 0.717) is 5.91 Å². The summed E-state index contributed by atoms with van der Waals surface area (Å²) in [6, 6.07) is 13.3. The van der Waals surface area contributed by atoms with Crippen LogP contribution < -0.4 is 0 Å². The summed E-state index contributed by atoms with van der Waals surface area (Å²) in [6.45, 7) is 5.10. The molecule has 1 aliphatic carbocycles. The molecule has 27 heavy (non-hydrogen) atoms. The summed E-state index contributed by atoms with van der Waals surface area (Å²) >= 11 is 0. The third kappa shape index (κ3) is 4.07. The van der Waals surface area contributed by atoms with Gasteiger partial charge in [0.05, 0.1) is 11.7 Å². The first-order valence-electron chi connectivity index (χ1n) is 10.4. The fraction of sp³-hybridized carbons (Fsp3) is 0.500. The molecule has 1 amide bonds. The molecule has 1 aromatic heterocycles. The zero-order valence-electron chi connectivity index (χ0n) is 16.6. The Morgan fingerprint density at radius 3 is 2.63 bits per heavy atom. The average Bonchev–Trinajstić information content (AvgIpc) is 3.33. The quantitative estimate of drug-likeness (QED) is 0.754. The van der Waals surface area contributed by atoms with Crippen LogP contribution in [0.15, 0.2) is 36.4 Å². The highest BCUT2D eigenvalue weighted by molar-refractivity contribution is 5.79. The van der Waals surface area contributed by atoms with Gasteiger partial charge in [-0.15, -0.1) is 0 Å². The maximum atomic E-state index is 13.0. The van der Waals surface area contributed by atoms with Crippen LogP contribution in [0.1, 0.15) is 72.6 Å². The van der Waals surface area contributed by atoms with Gasteiger partial charge in [-0.25, -0.2) is 0 Å². The van der Waals surface area contributed by atoms with Crippen molar-refractivity contribution in [2.24, 2.45) is 5.92 Å². The van der Waals surface area contributed by atoms with Gasteiger partial charge in [0.25, 0.3) is 0 Å². The van der Waals surface area contributed by atoms with Crippen molar-refractivity contribution < 1.29 is 4.79 Å². The van der Waals surface area contributed by atoms with Crippen LogP contribution in [0.2, 0.25) is 0 Å². The number of amides is 1. The molecule has 0 unspecified atom stereocenters. The van der Waals surface area contributed by atoms with E-state index in [1.807, 2.05) is 0 Å². The number of carbonyl (C=O) groups excluding carboxylic acids is 1. The van der Waals surface area contributed by atoms with E-state index in [-0.39, 0.29) is 12.0 Å². The molecule has 1 saturated heterocycles. The number of hydrogen-bond donors (Lipinski definition) is 0. The molecule has 0 bridgehead atoms. The second kappa shape index (κ2) is 7.84. The number of carbonyl (C=O) groups is 1. The summed E-state index contributed by atoms with van der Waals surface area (Å²) in [5, 5.41) is 0. The van der Waals surface area contributed by atoms with Gasteiger partial charge in [0.1, 0.15) is 0 Å². The molecule has 2 fully saturated rings. The lowest BCUT2D eigenvalue weighted by atomic mass is 10.00. The molecule has 3 heteroatoms. The Balaban J connectivity index is 1.57. The summed E-state index contributed by atoms with van der Waals surface area (Å²) in [6.07, 6.45) is 7.60. The molecule has 0 radical (unpaired) electrons. The van der Waals surface area contributed by atoms with Crippen LogP contribution in [0.3, 0.4) is 0 Å². The van der Waals surface area contributed by atoms with E-state index in [4.69, 9.17) is 4.98 Å². The lowest BCUT2D eigenvalue weighted by Crippen LogP contribution is -2.35. The van der Waals surface area contributed by atoms with Gasteiger partial charge < -0.3 is 4.90 Å². The van der Waals surface area contributed by atoms with Crippen LogP contribution in [0.5, 0.6) is 0 Å². The highest BCUT2D eigenvalue weighted by Crippen LogP contribution is 2.36. The first-order chi connectivity index (χ1) is 13.1. The molecule has 1 saturated carbocycles. The van der Waals surface area contributed by atoms with Crippen molar-refractivity contribution in [3.05, 3.63) is 64.5 Å². The second-order valence-corrected chi connectivity index (χ2v) is 8.38. The monoisotopic (exact) mass is 362 g/mol. The number of likely N-dealkylation sites (tertiary alicyclic amines) is 1. The van der Waals surface area contributed by atoms with Crippen molar-refractivity contribution in [3.8, 4) is 0 Å². The predicted octanol–water partition coefficient (Wildman–Crippen LogP) is 5.14. The Kier molecular flexibility index (Phi) is 5.29. The highest BCUT2D eigenvalue weighted by Gasteiger charge is 2.35. The summed E-state index contributed by atoms with van der Waals surface area (Å²) in [5.41, 5.74) is 6.06. The molecule has 3 nitrogen and oxygen atoms in total. The summed E-state index contributed by atoms with van der Waals surface area (Å²) in [5.74, 6) is 0.626. The topological polar surface area (TPSA) is 33.2 Å². The Bertz CT molecular complexity index is 823. The van der Waals surface area contributed by atoms with E-state index in [0.717, 1.165) is 50.0 Å². The van der Waals surface area contributed by atoms with E-state index in [1.165, 1.54) is 29.5 Å². The number of pyridine rings is 1. The van der Waals surface area contributed by atoms with Crippen LogP contribution in [-0.2, 0) is 11.2 Å². The maximum absolute atomic E-state index is 13.0. The number of aromatic nitrogens is 1. The molecule has 2 aliphatic rings. The predicted molar refractivity (Wildman–Crippen MR) is 109 cm³/mol. The fourth-order valence-electron chi connectivity index (χ4n) is 4.84. The van der Waals surface area contributed by atoms with Crippen molar-refractivity contribution in [3.63, 3.8) is 0 Å². The van der Waals surface area contributed by atoms with Crippen LogP contribution in [0, 0.1) is 19.8 Å². The molecular formula is C24H30N2O. The van der Waals surface area contributed by atoms with E-state index in [2.05, 4.69) is 55.1 Å². The van der Waals surface area contributed by atoms with Crippen LogP contribution in [0.4, 0.5) is 0 Å². The van der Waals surface area contributed by atoms with E-state index in [1.54, 1.807) is 0 Å². The Morgan fingerprint density at radius 2 is 1.85 bits per heavy atom. The Hall–Kier alpha value is -2.16. The van der Waals surface area contributed by atoms with Gasteiger partial charge in [0, 0.05) is 18.2 Å². The smallest absolute Gasteiger partial charge is 0.226 e. The highest BCUT2D eigenvalue weighted by atomic mass is 16.2. The summed E-state index contributed by atoms with van der Waals surface area (Å²) < 4.78 is 0. The molecule has 1 atom stereocenters. The van der Waals surface area contributed by atoms with Gasteiger partial charge in [-0.05, 0) is 69.2 Å². The van der Waals surface area contributed by atoms with Crippen molar-refractivity contribution in [2.75, 3.05) is 6.54 Å². The molecule has 2 aromatic rings. The first kappa shape index (κ1) is 18.2. The van der Waals surface area contributed by atoms with Crippen molar-refractivity contribution in [2.45, 2.75) is 64.8 Å². The maximum Gasteiger partial charge on any atom is 0.226 e. The number of nitrogens with zero attached hydrogens (tertiary/aromatic N) is 2. The molecule has 2 heterocycles. The first-order valence-corrected chi connectivity index (χ1v) is 10.4. The largest absolute Gasteiger partial charge is 0.334 e. The van der Waals surface area contributed by atoms with Gasteiger partial charge in [0.2, 0.25) is 5.91 Å². The van der Waals surface area contributed by atoms with E-state index in [9.17, 15) is 4.79 Å². The molecule has 4 rings (SSSR count). The number of hydrogen-bond acceptors (Lipinski definition) is 2. The second-order valence-electron chi connectivity index (χ2n) is 8.38. The minimum absolute atomic E-state index is 0.161. The van der Waals surface area contributed by atoms with Gasteiger partial charge in [0.15, 0.2) is 0 Å². The van der Waals surface area contributed by atoms with Crippen molar-refractivity contribution in [1.29, 1.82) is 0 Å². The van der Waals surface area contributed by atoms with Crippen LogP contribution in [-0.4, -0.2) is 22.3 Å². The SMILES string of the molecule is Cc1cccc(Cc2cc(C)nc([C@H]3CCCN3C(=O)C3CCCC3)c2)c1. The Labute approximate surface area is 162 Å². The molecule has 0 spiro atoms. The number of aryl methyl sites for hydroxylation is 2. The van der Waals surface area contributed by atoms with Gasteiger partial charge in [-0.2, -0.15) is 0 Å². The van der Waals surface area contributed by atoms with Crippen LogP contribution >= 0.6 is 0 Å². The minimum atomic E-state index is 0.161. The number of benzene rings is 1. The van der Waals surface area contributed by atoms with Crippen LogP contribution in [0.25, 0.3) is 0 Å². The van der Waals surface area contributed by atoms with E-state index >= 15 is 0 Å². The van der Waals surface area contributed by atoms with E-state index < -0.39 is 0 Å². The van der Waals surface area contributed by atoms with Gasteiger partial charge >= 0.3 is 0 Å². The standard InChI is InChI=1S/C24H30N2O/c1-17-7-5-8-19(13-17)15-20-14-18(2)25-22(16-20)23-11-6-12-26(23)24(27)21-9-3-4-10-21/h5,7-8,13-14,16,21,23H,3-4,6,9-12,15H2,1-2H3/t23-/m1/s1. The molecular weight excluding hydrogens is 332 g/mol. The van der Waals surface area contributed by atoms with Gasteiger partial charge in [-0.1, -0.05) is 42.7 Å². The van der Waals surface area contributed by atoms with Gasteiger partial charge in [-0.3, -0.25) is 9.78 Å². The molecule has 1 aliphatic heterocycles. The van der Waals surface area contributed by atoms with Crippen molar-refractivity contribution in [1.82, 2.24) is 9.88 Å². The molecule has 0 N–H and O–H groups in total.